The number of nitrogens with one attached hydrogen (secondary N) is 1. The summed E-state index contributed by atoms with van der Waals surface area (Å²) in [4.78, 5) is 39.1. The van der Waals surface area contributed by atoms with Crippen LogP contribution in [-0.4, -0.2) is 35.0 Å². The average molecular weight is 277 g/mol. The van der Waals surface area contributed by atoms with Crippen LogP contribution in [0.5, 0.6) is 0 Å². The van der Waals surface area contributed by atoms with E-state index in [1.807, 2.05) is 0 Å². The Balaban J connectivity index is 3.38. The molecule has 0 aliphatic heterocycles. The van der Waals surface area contributed by atoms with E-state index < -0.39 is 37.4 Å². The quantitative estimate of drug-likeness (QED) is 0.376. The molecule has 102 valence electrons. The van der Waals surface area contributed by atoms with Gasteiger partial charge in [0.05, 0.1) is 0 Å². The van der Waals surface area contributed by atoms with Gasteiger partial charge in [-0.3, -0.25) is 30.3 Å². The zero-order valence-corrected chi connectivity index (χ0v) is 8.40. The van der Waals surface area contributed by atoms with Crippen LogP contribution in [0.2, 0.25) is 0 Å². The summed E-state index contributed by atoms with van der Waals surface area (Å²) in [5.41, 5.74) is 2.50. The summed E-state index contributed by atoms with van der Waals surface area (Å²) < 4.78 is 0. The molecule has 0 bridgehead atoms. The highest BCUT2D eigenvalue weighted by atomic mass is 16.7. The van der Waals surface area contributed by atoms with Crippen LogP contribution < -0.4 is 0 Å². The minimum atomic E-state index is -4.07. The van der Waals surface area contributed by atoms with Gasteiger partial charge in [0.15, 0.2) is 14.8 Å². The van der Waals surface area contributed by atoms with E-state index in [2.05, 4.69) is 15.5 Å². The zero-order chi connectivity index (χ0) is 14.8. The fraction of sp³-hybridized carbons (Fsp3) is 0.333. The van der Waals surface area contributed by atoms with Crippen LogP contribution >= 0.6 is 0 Å². The second-order valence-electron chi connectivity index (χ2n) is 2.73. The van der Waals surface area contributed by atoms with Crippen molar-refractivity contribution in [3.8, 4) is 0 Å². The van der Waals surface area contributed by atoms with Crippen molar-refractivity contribution in [3.05, 3.63) is 51.7 Å². The Morgan fingerprint density at radius 3 is 1.84 bits per heavy atom. The third kappa shape index (κ3) is 2.03. The molecule has 0 saturated heterocycles. The standard InChI is InChI=1S/C3HN8O8/c12-8(13)3(9(14)15,10(16)17)1-4-2(6-5-1)7-11(18)19/h(H-,4,5,6,7)/q-1. The molecular formula is C3HN8O8-. The first-order valence-corrected chi connectivity index (χ1v) is 3.95. The maximum absolute atomic E-state index is 10.6. The van der Waals surface area contributed by atoms with Gasteiger partial charge in [0.1, 0.15) is 11.0 Å². The van der Waals surface area contributed by atoms with Gasteiger partial charge >= 0.3 is 11.6 Å². The molecule has 0 atom stereocenters. The third-order valence-corrected chi connectivity index (χ3v) is 1.71. The number of hydrogen-bond donors (Lipinski definition) is 1. The van der Waals surface area contributed by atoms with Crippen LogP contribution in [0.15, 0.2) is 0 Å². The van der Waals surface area contributed by atoms with E-state index >= 15 is 0 Å². The van der Waals surface area contributed by atoms with Gasteiger partial charge in [0.2, 0.25) is 0 Å². The molecule has 1 heterocycles. The maximum Gasteiger partial charge on any atom is 0.749 e. The number of nitro groups is 4. The predicted molar refractivity (Wildman–Crippen MR) is 49.1 cm³/mol. The first kappa shape index (κ1) is 13.6. The Hall–Kier alpha value is -3.46. The summed E-state index contributed by atoms with van der Waals surface area (Å²) >= 11 is 0. The smallest absolute Gasteiger partial charge is 0.336 e. The molecule has 0 saturated carbocycles. The summed E-state index contributed by atoms with van der Waals surface area (Å²) in [6.45, 7) is 0. The Morgan fingerprint density at radius 1 is 1.00 bits per heavy atom. The highest BCUT2D eigenvalue weighted by Gasteiger charge is 2.74. The monoisotopic (exact) mass is 277 g/mol. The molecule has 19 heavy (non-hydrogen) atoms. The third-order valence-electron chi connectivity index (χ3n) is 1.71. The lowest BCUT2D eigenvalue weighted by atomic mass is 10.3. The predicted octanol–water partition coefficient (Wildman–Crippen LogP) is -1.06. The van der Waals surface area contributed by atoms with Crippen molar-refractivity contribution in [1.82, 2.24) is 15.2 Å². The number of aromatic amines is 1. The molecule has 1 rings (SSSR count). The van der Waals surface area contributed by atoms with Crippen LogP contribution in [0.1, 0.15) is 5.82 Å². The van der Waals surface area contributed by atoms with Gasteiger partial charge in [-0.1, -0.05) is 5.43 Å². The number of nitrogens with zero attached hydrogens (tertiary/aromatic N) is 7. The lowest BCUT2D eigenvalue weighted by molar-refractivity contribution is -0.987. The van der Waals surface area contributed by atoms with Crippen LogP contribution in [0.4, 0.5) is 5.95 Å². The van der Waals surface area contributed by atoms with E-state index in [9.17, 15) is 40.5 Å². The van der Waals surface area contributed by atoms with Gasteiger partial charge in [-0.25, -0.2) is 15.2 Å². The second-order valence-corrected chi connectivity index (χ2v) is 2.73. The minimum absolute atomic E-state index is 0.963. The highest BCUT2D eigenvalue weighted by Crippen LogP contribution is 2.25. The van der Waals surface area contributed by atoms with Gasteiger partial charge < -0.3 is 10.1 Å². The average Bonchev–Trinajstić information content (AvgIpc) is 2.64. The van der Waals surface area contributed by atoms with Crippen molar-refractivity contribution in [1.29, 1.82) is 0 Å². The molecule has 1 N–H and O–H groups in total. The van der Waals surface area contributed by atoms with E-state index in [4.69, 9.17) is 0 Å². The van der Waals surface area contributed by atoms with Gasteiger partial charge in [-0.15, -0.1) is 0 Å². The largest absolute Gasteiger partial charge is 0.749 e. The fourth-order valence-electron chi connectivity index (χ4n) is 0.970. The van der Waals surface area contributed by atoms with Crippen molar-refractivity contribution < 1.29 is 19.8 Å². The highest BCUT2D eigenvalue weighted by molar-refractivity contribution is 5.24. The van der Waals surface area contributed by atoms with E-state index in [0.717, 1.165) is 0 Å². The van der Waals surface area contributed by atoms with E-state index in [-0.39, 0.29) is 0 Å². The molecular weight excluding hydrogens is 276 g/mol. The summed E-state index contributed by atoms with van der Waals surface area (Å²) in [5.74, 6) is -6.52. The molecule has 16 nitrogen and oxygen atoms in total. The lowest BCUT2D eigenvalue weighted by Crippen LogP contribution is -2.51. The minimum Gasteiger partial charge on any atom is -0.336 e. The normalized spacial score (nSPS) is 10.7. The van der Waals surface area contributed by atoms with Crippen LogP contribution in [-0.2, 0) is 5.79 Å². The summed E-state index contributed by atoms with van der Waals surface area (Å²) in [5, 5.41) is 45.0. The molecule has 0 spiro atoms. The van der Waals surface area contributed by atoms with Crippen molar-refractivity contribution >= 4 is 5.95 Å². The van der Waals surface area contributed by atoms with Crippen molar-refractivity contribution in [3.63, 3.8) is 0 Å². The van der Waals surface area contributed by atoms with Gasteiger partial charge in [-0.2, -0.15) is 0 Å². The number of aromatic nitrogens is 3. The first-order chi connectivity index (χ1) is 8.72. The molecule has 0 radical (unpaired) electrons. The van der Waals surface area contributed by atoms with Crippen molar-refractivity contribution in [2.75, 3.05) is 0 Å². The number of rotatable bonds is 6. The fourth-order valence-corrected chi connectivity index (χ4v) is 0.970. The van der Waals surface area contributed by atoms with Crippen molar-refractivity contribution in [2.24, 2.45) is 0 Å². The molecule has 1 aromatic heterocycles. The summed E-state index contributed by atoms with van der Waals surface area (Å²) in [7, 11) is 0. The molecule has 16 heteroatoms. The Morgan fingerprint density at radius 2 is 1.47 bits per heavy atom. The zero-order valence-electron chi connectivity index (χ0n) is 8.40. The topological polar surface area (TPSA) is 228 Å². The molecule has 0 aliphatic rings. The van der Waals surface area contributed by atoms with E-state index in [1.165, 1.54) is 0 Å². The van der Waals surface area contributed by atoms with Crippen LogP contribution in [0.25, 0.3) is 5.43 Å². The first-order valence-electron chi connectivity index (χ1n) is 3.95. The Kier molecular flexibility index (Phi) is 3.17. The van der Waals surface area contributed by atoms with E-state index in [1.54, 1.807) is 5.10 Å². The lowest BCUT2D eigenvalue weighted by Gasteiger charge is -2.06. The van der Waals surface area contributed by atoms with Gasteiger partial charge in [0, 0.05) is 0 Å². The van der Waals surface area contributed by atoms with Crippen LogP contribution in [0.3, 0.4) is 0 Å². The Bertz CT molecular complexity index is 526. The molecule has 1 aromatic rings. The number of hydrogen-bond acceptors (Lipinski definition) is 10. The maximum atomic E-state index is 10.6. The molecule has 0 unspecified atom stereocenters. The van der Waals surface area contributed by atoms with E-state index in [0.29, 0.717) is 0 Å². The SMILES string of the molecule is O=[N+]([O-])[N-]c1nc(C([N+](=O)[O-])([N+](=O)[O-])[N+](=O)[O-])n[nH]1. The van der Waals surface area contributed by atoms with Gasteiger partial charge in [-0.05, 0) is 0 Å². The Labute approximate surface area is 99.5 Å². The molecule has 0 amide bonds. The number of H-pyrrole nitrogens is 1. The molecule has 0 aliphatic carbocycles. The molecule has 0 aromatic carbocycles. The molecule has 0 fully saturated rings. The second kappa shape index (κ2) is 4.43. The van der Waals surface area contributed by atoms with Gasteiger partial charge in [0.25, 0.3) is 0 Å². The van der Waals surface area contributed by atoms with Crippen LogP contribution in [0, 0.1) is 40.5 Å². The summed E-state index contributed by atoms with van der Waals surface area (Å²) in [6, 6.07) is 0. The summed E-state index contributed by atoms with van der Waals surface area (Å²) in [6.07, 6.45) is 0. The van der Waals surface area contributed by atoms with Crippen molar-refractivity contribution in [2.45, 2.75) is 5.79 Å².